The van der Waals surface area contributed by atoms with E-state index in [1.807, 2.05) is 12.1 Å². The van der Waals surface area contributed by atoms with Crippen LogP contribution >= 0.6 is 0 Å². The second kappa shape index (κ2) is 15.6. The van der Waals surface area contributed by atoms with E-state index in [2.05, 4.69) is 19.1 Å². The minimum absolute atomic E-state index is 0.0129. The van der Waals surface area contributed by atoms with Crippen LogP contribution in [0.25, 0.3) is 6.08 Å². The van der Waals surface area contributed by atoms with Crippen molar-refractivity contribution < 1.29 is 24.3 Å². The Morgan fingerprint density at radius 1 is 1.09 bits per heavy atom. The molecule has 1 unspecified atom stereocenters. The summed E-state index contributed by atoms with van der Waals surface area (Å²) in [5.41, 5.74) is 1.57. The van der Waals surface area contributed by atoms with E-state index in [0.29, 0.717) is 18.6 Å². The Bertz CT molecular complexity index is 695. The van der Waals surface area contributed by atoms with Gasteiger partial charge in [0.25, 0.3) is 5.91 Å². The van der Waals surface area contributed by atoms with Gasteiger partial charge in [-0.1, -0.05) is 63.3 Å². The average Bonchev–Trinajstić information content (AvgIpc) is 2.80. The molecule has 0 bridgehead atoms. The maximum absolute atomic E-state index is 13.0. The van der Waals surface area contributed by atoms with E-state index < -0.39 is 12.3 Å². The van der Waals surface area contributed by atoms with Crippen molar-refractivity contribution >= 4 is 18.0 Å². The molecule has 178 valence electrons. The number of carboxylic acid groups (broad SMARTS) is 1. The fourth-order valence-electron chi connectivity index (χ4n) is 3.65. The lowest BCUT2D eigenvalue weighted by Crippen LogP contribution is -2.38. The van der Waals surface area contributed by atoms with E-state index in [1.54, 1.807) is 12.1 Å². The highest BCUT2D eigenvalue weighted by Gasteiger charge is 2.23. The molecule has 1 aromatic carbocycles. The van der Waals surface area contributed by atoms with Gasteiger partial charge in [-0.3, -0.25) is 9.59 Å². The van der Waals surface area contributed by atoms with Crippen molar-refractivity contribution in [2.75, 3.05) is 13.2 Å². The van der Waals surface area contributed by atoms with Gasteiger partial charge in [-0.15, -0.1) is 0 Å². The van der Waals surface area contributed by atoms with Crippen molar-refractivity contribution in [1.82, 2.24) is 5.06 Å². The molecule has 6 heteroatoms. The topological polar surface area (TPSA) is 76.1 Å². The highest BCUT2D eigenvalue weighted by atomic mass is 16.8. The van der Waals surface area contributed by atoms with Gasteiger partial charge in [0.15, 0.2) is 6.29 Å². The van der Waals surface area contributed by atoms with Crippen molar-refractivity contribution in [3.05, 3.63) is 41.5 Å². The number of carboxylic acids is 1. The summed E-state index contributed by atoms with van der Waals surface area (Å²) in [7, 11) is 0. The molecule has 1 aromatic rings. The van der Waals surface area contributed by atoms with Crippen molar-refractivity contribution in [1.29, 1.82) is 0 Å². The van der Waals surface area contributed by atoms with Gasteiger partial charge in [-0.25, -0.2) is 9.90 Å². The van der Waals surface area contributed by atoms with Gasteiger partial charge < -0.3 is 9.84 Å². The van der Waals surface area contributed by atoms with Crippen LogP contribution in [0.5, 0.6) is 0 Å². The Balaban J connectivity index is 1.86. The van der Waals surface area contributed by atoms with Crippen LogP contribution in [0.2, 0.25) is 0 Å². The molecule has 2 rings (SSSR count). The van der Waals surface area contributed by atoms with Gasteiger partial charge in [0.2, 0.25) is 0 Å². The highest BCUT2D eigenvalue weighted by Crippen LogP contribution is 2.18. The number of carbonyl (C=O) groups is 2. The molecule has 0 spiro atoms. The Morgan fingerprint density at radius 2 is 1.84 bits per heavy atom. The second-order valence-corrected chi connectivity index (χ2v) is 8.39. The quantitative estimate of drug-likeness (QED) is 0.256. The Labute approximate surface area is 192 Å². The first-order valence-electron chi connectivity index (χ1n) is 12.2. The van der Waals surface area contributed by atoms with Crippen LogP contribution in [0.3, 0.4) is 0 Å². The number of hydroxylamine groups is 2. The largest absolute Gasteiger partial charge is 0.481 e. The summed E-state index contributed by atoms with van der Waals surface area (Å²) >= 11 is 0. The minimum Gasteiger partial charge on any atom is -0.481 e. The van der Waals surface area contributed by atoms with E-state index >= 15 is 0 Å². The molecule has 1 N–H and O–H groups in total. The van der Waals surface area contributed by atoms with E-state index in [4.69, 9.17) is 14.7 Å². The first-order chi connectivity index (χ1) is 15.6. The van der Waals surface area contributed by atoms with Crippen molar-refractivity contribution in [3.63, 3.8) is 0 Å². The second-order valence-electron chi connectivity index (χ2n) is 8.39. The number of allylic oxidation sites excluding steroid dienone is 1. The molecule has 0 radical (unpaired) electrons. The number of nitrogens with zero attached hydrogens (tertiary/aromatic N) is 1. The van der Waals surface area contributed by atoms with Crippen LogP contribution < -0.4 is 0 Å². The minimum atomic E-state index is -0.886. The number of aliphatic carboxylic acids is 1. The molecule has 1 atom stereocenters. The molecule has 1 aliphatic rings. The van der Waals surface area contributed by atoms with Gasteiger partial charge in [-0.2, -0.15) is 0 Å². The molecule has 32 heavy (non-hydrogen) atoms. The molecular weight excluding hydrogens is 406 g/mol. The van der Waals surface area contributed by atoms with Crippen LogP contribution in [0, 0.1) is 0 Å². The molecule has 1 aliphatic heterocycles. The predicted molar refractivity (Wildman–Crippen MR) is 126 cm³/mol. The number of hydrogen-bond donors (Lipinski definition) is 1. The molecule has 6 nitrogen and oxygen atoms in total. The van der Waals surface area contributed by atoms with E-state index in [-0.39, 0.29) is 18.9 Å². The number of hydrogen-bond acceptors (Lipinski definition) is 4. The van der Waals surface area contributed by atoms with Gasteiger partial charge in [-0.05, 0) is 49.8 Å². The Morgan fingerprint density at radius 3 is 2.53 bits per heavy atom. The fraction of sp³-hybridized carbons (Fsp3) is 0.615. The third-order valence-corrected chi connectivity index (χ3v) is 5.55. The summed E-state index contributed by atoms with van der Waals surface area (Å²) in [4.78, 5) is 29.7. The molecular formula is C26H39NO5. The van der Waals surface area contributed by atoms with E-state index in [0.717, 1.165) is 31.2 Å². The van der Waals surface area contributed by atoms with Crippen LogP contribution in [0.1, 0.15) is 99.9 Å². The summed E-state index contributed by atoms with van der Waals surface area (Å²) in [5.74, 6) is -1.16. The number of carbonyl (C=O) groups excluding carboxylic acids is 1. The average molecular weight is 446 g/mol. The summed E-state index contributed by atoms with van der Waals surface area (Å²) in [6, 6.07) is 7.44. The van der Waals surface area contributed by atoms with Gasteiger partial charge in [0, 0.05) is 31.6 Å². The molecule has 1 fully saturated rings. The van der Waals surface area contributed by atoms with Crippen LogP contribution in [0.15, 0.2) is 30.3 Å². The highest BCUT2D eigenvalue weighted by molar-refractivity contribution is 5.93. The summed E-state index contributed by atoms with van der Waals surface area (Å²) in [6.07, 6.45) is 15.7. The van der Waals surface area contributed by atoms with Crippen molar-refractivity contribution in [3.8, 4) is 0 Å². The number of unbranched alkanes of at least 4 members (excludes halogenated alkanes) is 6. The van der Waals surface area contributed by atoms with Gasteiger partial charge in [0.05, 0.1) is 0 Å². The first kappa shape index (κ1) is 26.1. The number of ether oxygens (including phenoxy) is 1. The monoisotopic (exact) mass is 445 g/mol. The maximum atomic E-state index is 13.0. The normalized spacial score (nSPS) is 16.3. The van der Waals surface area contributed by atoms with Gasteiger partial charge in [0.1, 0.15) is 0 Å². The third-order valence-electron chi connectivity index (χ3n) is 5.55. The maximum Gasteiger partial charge on any atom is 0.303 e. The molecule has 1 heterocycles. The third kappa shape index (κ3) is 10.4. The number of amides is 1. The van der Waals surface area contributed by atoms with Gasteiger partial charge >= 0.3 is 5.97 Å². The summed E-state index contributed by atoms with van der Waals surface area (Å²) in [5, 5.41) is 10.2. The molecule has 0 aromatic heterocycles. The van der Waals surface area contributed by atoms with E-state index in [1.165, 1.54) is 43.6 Å². The zero-order valence-corrected chi connectivity index (χ0v) is 19.5. The number of rotatable bonds is 15. The summed E-state index contributed by atoms with van der Waals surface area (Å²) < 4.78 is 5.59. The Kier molecular flexibility index (Phi) is 12.7. The number of benzene rings is 1. The van der Waals surface area contributed by atoms with E-state index in [9.17, 15) is 9.59 Å². The predicted octanol–water partition coefficient (Wildman–Crippen LogP) is 6.22. The first-order valence-corrected chi connectivity index (χ1v) is 12.2. The zero-order valence-electron chi connectivity index (χ0n) is 19.5. The smallest absolute Gasteiger partial charge is 0.303 e. The molecule has 0 saturated carbocycles. The van der Waals surface area contributed by atoms with Crippen LogP contribution in [0.4, 0.5) is 0 Å². The van der Waals surface area contributed by atoms with Crippen LogP contribution in [-0.4, -0.2) is 41.5 Å². The van der Waals surface area contributed by atoms with Crippen LogP contribution in [-0.2, 0) is 14.4 Å². The lowest BCUT2D eigenvalue weighted by molar-refractivity contribution is -0.267. The SMILES string of the molecule is CCCCCCCCC=Cc1ccc(C(=O)N(CCCC(=O)O)OC2CCCCO2)cc1. The lowest BCUT2D eigenvalue weighted by atomic mass is 10.1. The zero-order chi connectivity index (χ0) is 23.0. The summed E-state index contributed by atoms with van der Waals surface area (Å²) in [6.45, 7) is 3.06. The Hall–Kier alpha value is -2.18. The molecule has 0 aliphatic carbocycles. The molecule has 1 amide bonds. The van der Waals surface area contributed by atoms with Crippen molar-refractivity contribution in [2.45, 2.75) is 90.3 Å². The standard InChI is InChI=1S/C26H39NO5/c1-2-3-4-5-6-7-8-9-13-22-16-18-23(19-17-22)26(30)27(20-12-14-24(28)29)32-25-15-10-11-21-31-25/h9,13,16-19,25H,2-8,10-12,14-15,20-21H2,1H3,(H,28,29). The molecule has 1 saturated heterocycles. The van der Waals surface area contributed by atoms with Crippen molar-refractivity contribution in [2.24, 2.45) is 0 Å². The fourth-order valence-corrected chi connectivity index (χ4v) is 3.65. The lowest BCUT2D eigenvalue weighted by Gasteiger charge is -2.29.